The minimum absolute atomic E-state index is 0.0604. The van der Waals surface area contributed by atoms with Gasteiger partial charge in [0.15, 0.2) is 5.58 Å². The zero-order chi connectivity index (χ0) is 28.7. The Morgan fingerprint density at radius 3 is 2.64 bits per heavy atom. The maximum absolute atomic E-state index is 13.7. The van der Waals surface area contributed by atoms with E-state index in [0.29, 0.717) is 29.8 Å². The van der Waals surface area contributed by atoms with Gasteiger partial charge in [0.25, 0.3) is 0 Å². The molecule has 1 aliphatic heterocycles. The van der Waals surface area contributed by atoms with Crippen molar-refractivity contribution >= 4 is 22.9 Å². The van der Waals surface area contributed by atoms with Crippen LogP contribution in [0.3, 0.4) is 0 Å². The van der Waals surface area contributed by atoms with Crippen LogP contribution in [0.4, 0.5) is 0 Å². The van der Waals surface area contributed by atoms with Gasteiger partial charge in [0.2, 0.25) is 5.89 Å². The van der Waals surface area contributed by atoms with E-state index in [0.717, 1.165) is 43.2 Å². The number of nitrogens with zero attached hydrogens (tertiary/aromatic N) is 1. The number of hydrogen-bond acceptors (Lipinski definition) is 8. The van der Waals surface area contributed by atoms with Crippen molar-refractivity contribution in [2.24, 2.45) is 23.0 Å². The van der Waals surface area contributed by atoms with Crippen molar-refractivity contribution in [3.8, 4) is 0 Å². The molecule has 0 bridgehead atoms. The number of ether oxygens (including phenoxy) is 1. The lowest BCUT2D eigenvalue weighted by Gasteiger charge is -2.36. The molecule has 1 aromatic carbocycles. The fraction of sp³-hybridized carbons (Fsp3) is 0.645. The van der Waals surface area contributed by atoms with E-state index in [4.69, 9.17) is 14.9 Å². The van der Waals surface area contributed by atoms with Crippen LogP contribution >= 0.6 is 0 Å². The number of aliphatic hydroxyl groups is 2. The summed E-state index contributed by atoms with van der Waals surface area (Å²) in [6.07, 6.45) is 4.35. The number of nitrogens with two attached hydrogens (primary N) is 1. The van der Waals surface area contributed by atoms with Crippen LogP contribution in [0.15, 0.2) is 34.3 Å². The van der Waals surface area contributed by atoms with Crippen LogP contribution in [-0.4, -0.2) is 39.2 Å². The van der Waals surface area contributed by atoms with Gasteiger partial charge >= 0.3 is 5.97 Å². The number of allylic oxidation sites excluding steroid dienone is 1. The number of Topliss-reactive ketones (excluding diaryl/α,β-unsaturated/α-hetero) is 1. The van der Waals surface area contributed by atoms with Gasteiger partial charge in [0.1, 0.15) is 17.4 Å². The van der Waals surface area contributed by atoms with Gasteiger partial charge in [-0.05, 0) is 56.2 Å². The fourth-order valence-corrected chi connectivity index (χ4v) is 5.36. The van der Waals surface area contributed by atoms with Crippen molar-refractivity contribution in [2.45, 2.75) is 111 Å². The lowest BCUT2D eigenvalue weighted by molar-refractivity contribution is -0.156. The lowest BCUT2D eigenvalue weighted by atomic mass is 9.71. The molecule has 2 aromatic rings. The Morgan fingerprint density at radius 1 is 1.21 bits per heavy atom. The summed E-state index contributed by atoms with van der Waals surface area (Å²) in [6, 6.07) is 5.47. The first-order valence-corrected chi connectivity index (χ1v) is 14.3. The Bertz CT molecular complexity index is 1150. The third kappa shape index (κ3) is 7.77. The molecule has 8 nitrogen and oxygen atoms in total. The summed E-state index contributed by atoms with van der Waals surface area (Å²) >= 11 is 0. The van der Waals surface area contributed by atoms with Crippen LogP contribution in [0.1, 0.15) is 104 Å². The number of unbranched alkanes of at least 4 members (excludes halogenated alkanes) is 1. The number of ketones is 1. The Morgan fingerprint density at radius 2 is 1.95 bits per heavy atom. The summed E-state index contributed by atoms with van der Waals surface area (Å²) in [5, 5.41) is 22.3. The number of carbonyl (C=O) groups is 2. The first kappa shape index (κ1) is 31.0. The predicted molar refractivity (Wildman–Crippen MR) is 151 cm³/mol. The highest BCUT2D eigenvalue weighted by Crippen LogP contribution is 2.35. The van der Waals surface area contributed by atoms with Gasteiger partial charge in [-0.2, -0.15) is 0 Å². The molecule has 0 saturated heterocycles. The standard InChI is InChI=1S/C31H46N2O6/c1-6-7-11-22-29(36)20(3)10-8-9-19(2)12-14-24(39-28(35)17-26(34)31(4,5)30(22)37)21-13-15-25-23(16-21)33-27(18-32)38-25/h12-13,15-16,20,22,24,26,29,34,36H,6-11,14,17-18,32H2,1-5H3/b19-12+/t20-,22+,24-,26-,29-/m0/s1. The third-order valence-corrected chi connectivity index (χ3v) is 8.22. The zero-order valence-electron chi connectivity index (χ0n) is 24.1. The van der Waals surface area contributed by atoms with Crippen molar-refractivity contribution < 1.29 is 29.0 Å². The number of benzene rings is 1. The number of cyclic esters (lactones) is 1. The molecule has 216 valence electrons. The number of esters is 1. The molecule has 0 fully saturated rings. The average Bonchev–Trinajstić information content (AvgIpc) is 3.32. The monoisotopic (exact) mass is 542 g/mol. The molecule has 0 amide bonds. The normalized spacial score (nSPS) is 29.1. The molecule has 0 radical (unpaired) electrons. The molecule has 2 heterocycles. The van der Waals surface area contributed by atoms with E-state index in [1.165, 1.54) is 0 Å². The van der Waals surface area contributed by atoms with Crippen LogP contribution in [-0.2, 0) is 20.9 Å². The first-order chi connectivity index (χ1) is 18.5. The smallest absolute Gasteiger partial charge is 0.309 e. The van der Waals surface area contributed by atoms with E-state index in [2.05, 4.69) is 24.9 Å². The van der Waals surface area contributed by atoms with Crippen molar-refractivity contribution in [1.29, 1.82) is 0 Å². The summed E-state index contributed by atoms with van der Waals surface area (Å²) in [5.74, 6) is -1.02. The van der Waals surface area contributed by atoms with Crippen molar-refractivity contribution in [2.75, 3.05) is 0 Å². The number of carbonyl (C=O) groups excluding carboxylic acids is 2. The summed E-state index contributed by atoms with van der Waals surface area (Å²) in [4.78, 5) is 31.2. The summed E-state index contributed by atoms with van der Waals surface area (Å²) in [6.45, 7) is 9.59. The van der Waals surface area contributed by atoms with Crippen molar-refractivity contribution in [3.63, 3.8) is 0 Å². The molecule has 39 heavy (non-hydrogen) atoms. The molecule has 5 atom stereocenters. The molecule has 0 aliphatic carbocycles. The Balaban J connectivity index is 1.92. The summed E-state index contributed by atoms with van der Waals surface area (Å²) in [7, 11) is 0. The molecule has 0 spiro atoms. The molecule has 1 aromatic heterocycles. The number of hydrogen-bond donors (Lipinski definition) is 3. The number of aromatic nitrogens is 1. The highest BCUT2D eigenvalue weighted by molar-refractivity contribution is 5.88. The topological polar surface area (TPSA) is 136 Å². The van der Waals surface area contributed by atoms with E-state index >= 15 is 0 Å². The van der Waals surface area contributed by atoms with Gasteiger partial charge in [-0.25, -0.2) is 4.98 Å². The van der Waals surface area contributed by atoms with E-state index in [1.807, 2.05) is 19.1 Å². The Labute approximate surface area is 232 Å². The maximum atomic E-state index is 13.7. The Hall–Kier alpha value is -2.55. The number of fused-ring (bicyclic) bond motifs is 1. The minimum atomic E-state index is -1.25. The minimum Gasteiger partial charge on any atom is -0.457 e. The van der Waals surface area contributed by atoms with Crippen molar-refractivity contribution in [1.82, 2.24) is 4.98 Å². The van der Waals surface area contributed by atoms with Crippen LogP contribution in [0, 0.1) is 17.3 Å². The van der Waals surface area contributed by atoms with Crippen LogP contribution in [0.5, 0.6) is 0 Å². The molecule has 1 aliphatic rings. The molecule has 4 N–H and O–H groups in total. The lowest BCUT2D eigenvalue weighted by Crippen LogP contribution is -2.46. The zero-order valence-corrected chi connectivity index (χ0v) is 24.1. The molecule has 0 saturated carbocycles. The van der Waals surface area contributed by atoms with Gasteiger partial charge < -0.3 is 25.1 Å². The quantitative estimate of drug-likeness (QED) is 0.331. The molecule has 0 unspecified atom stereocenters. The molecule has 8 heteroatoms. The van der Waals surface area contributed by atoms with E-state index in [9.17, 15) is 19.8 Å². The molecular weight excluding hydrogens is 496 g/mol. The number of rotatable bonds is 5. The average molecular weight is 543 g/mol. The molecular formula is C31H46N2O6. The van der Waals surface area contributed by atoms with Crippen molar-refractivity contribution in [3.05, 3.63) is 41.3 Å². The van der Waals surface area contributed by atoms with Gasteiger partial charge in [-0.15, -0.1) is 0 Å². The predicted octanol–water partition coefficient (Wildman–Crippen LogP) is 5.54. The third-order valence-electron chi connectivity index (χ3n) is 8.22. The van der Waals surface area contributed by atoms with E-state index in [-0.39, 0.29) is 24.7 Å². The number of oxazole rings is 1. The highest BCUT2D eigenvalue weighted by Gasteiger charge is 2.43. The second kappa shape index (κ2) is 13.7. The van der Waals surface area contributed by atoms with Gasteiger partial charge in [0.05, 0.1) is 30.6 Å². The van der Waals surface area contributed by atoms with Crippen LogP contribution in [0.25, 0.3) is 11.1 Å². The van der Waals surface area contributed by atoms with E-state index < -0.39 is 35.6 Å². The van der Waals surface area contributed by atoms with Gasteiger partial charge in [0, 0.05) is 12.3 Å². The summed E-state index contributed by atoms with van der Waals surface area (Å²) < 4.78 is 11.5. The first-order valence-electron chi connectivity index (χ1n) is 14.3. The second-order valence-electron chi connectivity index (χ2n) is 11.7. The highest BCUT2D eigenvalue weighted by atomic mass is 16.5. The largest absolute Gasteiger partial charge is 0.457 e. The van der Waals surface area contributed by atoms with Crippen LogP contribution < -0.4 is 5.73 Å². The summed E-state index contributed by atoms with van der Waals surface area (Å²) in [5.41, 5.74) is 7.61. The number of aliphatic hydroxyl groups excluding tert-OH is 2. The fourth-order valence-electron chi connectivity index (χ4n) is 5.36. The Kier molecular flexibility index (Phi) is 10.9. The SMILES string of the molecule is CCCC[C@H]1C(=O)C(C)(C)[C@@H](O)CC(=O)O[C@H](c2ccc3oc(CN)nc3c2)C/C=C(\C)CCC[C@H](C)[C@@H]1O. The maximum Gasteiger partial charge on any atom is 0.309 e. The van der Waals surface area contributed by atoms with Gasteiger partial charge in [-0.1, -0.05) is 58.3 Å². The molecule has 3 rings (SSSR count). The second-order valence-corrected chi connectivity index (χ2v) is 11.7. The van der Waals surface area contributed by atoms with Gasteiger partial charge in [-0.3, -0.25) is 9.59 Å². The van der Waals surface area contributed by atoms with E-state index in [1.54, 1.807) is 19.9 Å². The van der Waals surface area contributed by atoms with Crippen LogP contribution in [0.2, 0.25) is 0 Å².